The minimum Gasteiger partial charge on any atom is -0.488 e. The summed E-state index contributed by atoms with van der Waals surface area (Å²) in [7, 11) is 0. The van der Waals surface area contributed by atoms with Crippen molar-refractivity contribution >= 4 is 0 Å². The minimum atomic E-state index is 0.259. The molecule has 1 aromatic heterocycles. The van der Waals surface area contributed by atoms with E-state index in [2.05, 4.69) is 43.4 Å². The van der Waals surface area contributed by atoms with Gasteiger partial charge in [-0.25, -0.2) is 0 Å². The van der Waals surface area contributed by atoms with Crippen LogP contribution >= 0.6 is 0 Å². The highest BCUT2D eigenvalue weighted by Gasteiger charge is 2.14. The monoisotopic (exact) mass is 288 g/mol. The lowest BCUT2D eigenvalue weighted by atomic mass is 10.0. The van der Waals surface area contributed by atoms with Crippen molar-refractivity contribution in [1.29, 1.82) is 0 Å². The number of nitrogens with zero attached hydrogens (tertiary/aromatic N) is 1. The van der Waals surface area contributed by atoms with E-state index in [9.17, 15) is 0 Å². The van der Waals surface area contributed by atoms with Crippen LogP contribution in [-0.4, -0.2) is 11.7 Å². The molecular weight excluding hydrogens is 264 g/mol. The Bertz CT molecular complexity index is 585. The molecular formula is C17H24N2O2. The van der Waals surface area contributed by atoms with E-state index in [-0.39, 0.29) is 6.04 Å². The fourth-order valence-corrected chi connectivity index (χ4v) is 2.41. The molecule has 1 atom stereocenters. The lowest BCUT2D eigenvalue weighted by Crippen LogP contribution is -2.18. The van der Waals surface area contributed by atoms with Crippen LogP contribution in [0, 0.1) is 20.8 Å². The van der Waals surface area contributed by atoms with E-state index >= 15 is 0 Å². The maximum absolute atomic E-state index is 6.03. The third kappa shape index (κ3) is 3.64. The molecule has 0 aliphatic heterocycles. The normalized spacial score (nSPS) is 12.4. The van der Waals surface area contributed by atoms with Crippen LogP contribution in [0.25, 0.3) is 0 Å². The Morgan fingerprint density at radius 1 is 1.29 bits per heavy atom. The van der Waals surface area contributed by atoms with E-state index in [1.165, 1.54) is 11.1 Å². The van der Waals surface area contributed by atoms with E-state index < -0.39 is 0 Å². The van der Waals surface area contributed by atoms with Crippen molar-refractivity contribution in [3.8, 4) is 5.75 Å². The molecule has 0 saturated heterocycles. The predicted molar refractivity (Wildman–Crippen MR) is 83.6 cm³/mol. The van der Waals surface area contributed by atoms with Crippen LogP contribution in [0.4, 0.5) is 0 Å². The molecule has 1 aromatic carbocycles. The van der Waals surface area contributed by atoms with Crippen molar-refractivity contribution in [3.05, 3.63) is 46.3 Å². The Kier molecular flexibility index (Phi) is 5.02. The van der Waals surface area contributed by atoms with Gasteiger partial charge in [0, 0.05) is 11.6 Å². The zero-order valence-electron chi connectivity index (χ0n) is 13.5. The van der Waals surface area contributed by atoms with Crippen molar-refractivity contribution in [2.75, 3.05) is 6.54 Å². The maximum Gasteiger partial charge on any atom is 0.140 e. The van der Waals surface area contributed by atoms with E-state index in [0.717, 1.165) is 29.3 Å². The molecule has 4 nitrogen and oxygen atoms in total. The quantitative estimate of drug-likeness (QED) is 0.877. The fourth-order valence-electron chi connectivity index (χ4n) is 2.41. The fraction of sp³-hybridized carbons (Fsp3) is 0.471. The molecule has 0 amide bonds. The molecule has 0 bridgehead atoms. The number of ether oxygens (including phenoxy) is 1. The maximum atomic E-state index is 6.03. The molecule has 0 aliphatic carbocycles. The number of aryl methyl sites for hydroxylation is 3. The molecule has 2 rings (SSSR count). The molecule has 0 fully saturated rings. The summed E-state index contributed by atoms with van der Waals surface area (Å²) in [6.45, 7) is 11.6. The van der Waals surface area contributed by atoms with Gasteiger partial charge in [0.25, 0.3) is 0 Å². The van der Waals surface area contributed by atoms with Gasteiger partial charge in [0.2, 0.25) is 0 Å². The van der Waals surface area contributed by atoms with Crippen LogP contribution in [0.5, 0.6) is 5.75 Å². The first kappa shape index (κ1) is 15.6. The van der Waals surface area contributed by atoms with Crippen LogP contribution in [0.15, 0.2) is 22.7 Å². The summed E-state index contributed by atoms with van der Waals surface area (Å²) in [5.41, 5.74) is 4.33. The molecule has 0 radical (unpaired) electrons. The lowest BCUT2D eigenvalue weighted by molar-refractivity contribution is 0.295. The van der Waals surface area contributed by atoms with Gasteiger partial charge in [-0.05, 0) is 40.3 Å². The molecule has 0 aliphatic rings. The zero-order chi connectivity index (χ0) is 15.4. The Morgan fingerprint density at radius 2 is 2.05 bits per heavy atom. The molecule has 2 aromatic rings. The number of benzene rings is 1. The van der Waals surface area contributed by atoms with Crippen molar-refractivity contribution in [2.45, 2.75) is 47.3 Å². The van der Waals surface area contributed by atoms with Crippen LogP contribution < -0.4 is 10.1 Å². The van der Waals surface area contributed by atoms with Gasteiger partial charge in [0.05, 0.1) is 11.3 Å². The highest BCUT2D eigenvalue weighted by Crippen LogP contribution is 2.27. The van der Waals surface area contributed by atoms with E-state index in [1.807, 2.05) is 19.9 Å². The zero-order valence-corrected chi connectivity index (χ0v) is 13.5. The Labute approximate surface area is 126 Å². The van der Waals surface area contributed by atoms with Crippen molar-refractivity contribution in [1.82, 2.24) is 10.5 Å². The topological polar surface area (TPSA) is 47.3 Å². The largest absolute Gasteiger partial charge is 0.488 e. The summed E-state index contributed by atoms with van der Waals surface area (Å²) in [5.74, 6) is 1.73. The second kappa shape index (κ2) is 6.76. The number of rotatable bonds is 6. The third-order valence-electron chi connectivity index (χ3n) is 3.70. The second-order valence-electron chi connectivity index (χ2n) is 5.41. The SMILES string of the molecule is CCNC(C)c1cc(C)ccc1OCc1c(C)noc1C. The highest BCUT2D eigenvalue weighted by atomic mass is 16.5. The highest BCUT2D eigenvalue weighted by molar-refractivity contribution is 5.39. The van der Waals surface area contributed by atoms with Crippen LogP contribution in [0.1, 0.15) is 48.0 Å². The number of nitrogens with one attached hydrogen (secondary N) is 1. The van der Waals surface area contributed by atoms with Crippen molar-refractivity contribution in [2.24, 2.45) is 0 Å². The van der Waals surface area contributed by atoms with Gasteiger partial charge in [-0.3, -0.25) is 0 Å². The third-order valence-corrected chi connectivity index (χ3v) is 3.70. The molecule has 0 saturated carbocycles. The average molecular weight is 288 g/mol. The molecule has 1 unspecified atom stereocenters. The summed E-state index contributed by atoms with van der Waals surface area (Å²) < 4.78 is 11.2. The van der Waals surface area contributed by atoms with Gasteiger partial charge in [0.15, 0.2) is 0 Å². The molecule has 21 heavy (non-hydrogen) atoms. The Morgan fingerprint density at radius 3 is 2.67 bits per heavy atom. The molecule has 4 heteroatoms. The van der Waals surface area contributed by atoms with E-state index in [0.29, 0.717) is 6.61 Å². The van der Waals surface area contributed by atoms with Crippen LogP contribution in [0.2, 0.25) is 0 Å². The van der Waals surface area contributed by atoms with E-state index in [4.69, 9.17) is 9.26 Å². The van der Waals surface area contributed by atoms with Gasteiger partial charge in [-0.2, -0.15) is 0 Å². The first-order valence-electron chi connectivity index (χ1n) is 7.41. The standard InChI is InChI=1S/C17H24N2O2/c1-6-18-12(3)15-9-11(2)7-8-17(15)20-10-16-13(4)19-21-14(16)5/h7-9,12,18H,6,10H2,1-5H3. The summed E-state index contributed by atoms with van der Waals surface area (Å²) in [6, 6.07) is 6.55. The van der Waals surface area contributed by atoms with Gasteiger partial charge in [-0.15, -0.1) is 0 Å². The van der Waals surface area contributed by atoms with Gasteiger partial charge in [-0.1, -0.05) is 29.8 Å². The molecule has 0 spiro atoms. The number of hydrogen-bond donors (Lipinski definition) is 1. The minimum absolute atomic E-state index is 0.259. The van der Waals surface area contributed by atoms with Gasteiger partial charge in [0.1, 0.15) is 18.1 Å². The number of hydrogen-bond acceptors (Lipinski definition) is 4. The first-order chi connectivity index (χ1) is 10.0. The molecule has 1 heterocycles. The van der Waals surface area contributed by atoms with E-state index in [1.54, 1.807) is 0 Å². The predicted octanol–water partition coefficient (Wildman–Crippen LogP) is 3.85. The van der Waals surface area contributed by atoms with Crippen molar-refractivity contribution in [3.63, 3.8) is 0 Å². The molecule has 114 valence electrons. The summed E-state index contributed by atoms with van der Waals surface area (Å²) >= 11 is 0. The van der Waals surface area contributed by atoms with Crippen LogP contribution in [-0.2, 0) is 6.61 Å². The Balaban J connectivity index is 2.19. The summed E-state index contributed by atoms with van der Waals surface area (Å²) in [5, 5.41) is 7.40. The lowest BCUT2D eigenvalue weighted by Gasteiger charge is -2.18. The Hall–Kier alpha value is -1.81. The average Bonchev–Trinajstić information content (AvgIpc) is 2.77. The second-order valence-corrected chi connectivity index (χ2v) is 5.41. The number of aromatic nitrogens is 1. The van der Waals surface area contributed by atoms with Crippen LogP contribution in [0.3, 0.4) is 0 Å². The molecule has 1 N–H and O–H groups in total. The van der Waals surface area contributed by atoms with Gasteiger partial charge >= 0.3 is 0 Å². The summed E-state index contributed by atoms with van der Waals surface area (Å²) in [4.78, 5) is 0. The smallest absolute Gasteiger partial charge is 0.140 e. The van der Waals surface area contributed by atoms with Crippen molar-refractivity contribution < 1.29 is 9.26 Å². The summed E-state index contributed by atoms with van der Waals surface area (Å²) in [6.07, 6.45) is 0. The van der Waals surface area contributed by atoms with Gasteiger partial charge < -0.3 is 14.6 Å². The first-order valence-corrected chi connectivity index (χ1v) is 7.41.